The molecule has 5 heteroatoms. The van der Waals surface area contributed by atoms with Crippen molar-refractivity contribution in [3.63, 3.8) is 0 Å². The Morgan fingerprint density at radius 3 is 2.74 bits per heavy atom. The third-order valence-electron chi connectivity index (χ3n) is 2.43. The maximum atomic E-state index is 11.9. The fraction of sp³-hybridized carbons (Fsp3) is 0.0714. The largest absolute Gasteiger partial charge is 0.457 e. The van der Waals surface area contributed by atoms with E-state index in [9.17, 15) is 9.59 Å². The Hall–Kier alpha value is -2.20. The van der Waals surface area contributed by atoms with Crippen molar-refractivity contribution in [2.75, 3.05) is 0 Å². The van der Waals surface area contributed by atoms with Gasteiger partial charge in [-0.25, -0.2) is 4.79 Å². The Kier molecular flexibility index (Phi) is 4.26. The van der Waals surface area contributed by atoms with Crippen LogP contribution >= 0.6 is 11.6 Å². The number of hydrogen-bond donors (Lipinski definition) is 0. The molecule has 0 saturated carbocycles. The third-order valence-corrected chi connectivity index (χ3v) is 2.64. The quantitative estimate of drug-likeness (QED) is 0.636. The molecule has 0 fully saturated rings. The number of carbonyl (C=O) groups is 2. The Morgan fingerprint density at radius 2 is 2.05 bits per heavy atom. The number of ether oxygens (including phenoxy) is 1. The summed E-state index contributed by atoms with van der Waals surface area (Å²) in [4.78, 5) is 26.4. The normalized spacial score (nSPS) is 9.95. The number of carbonyl (C=O) groups excluding carboxylic acids is 2. The van der Waals surface area contributed by atoms with Crippen molar-refractivity contribution in [1.29, 1.82) is 0 Å². The van der Waals surface area contributed by atoms with Gasteiger partial charge in [-0.3, -0.25) is 9.78 Å². The van der Waals surface area contributed by atoms with Crippen molar-refractivity contribution in [2.45, 2.75) is 6.61 Å². The summed E-state index contributed by atoms with van der Waals surface area (Å²) in [6.07, 6.45) is 1.80. The average molecular weight is 276 g/mol. The van der Waals surface area contributed by atoms with Crippen LogP contribution in [0.1, 0.15) is 26.4 Å². The van der Waals surface area contributed by atoms with E-state index in [1.165, 1.54) is 12.3 Å². The molecular weight excluding hydrogens is 266 g/mol. The molecule has 19 heavy (non-hydrogen) atoms. The number of halogens is 1. The highest BCUT2D eigenvalue weighted by Crippen LogP contribution is 2.14. The van der Waals surface area contributed by atoms with E-state index in [-0.39, 0.29) is 22.9 Å². The third kappa shape index (κ3) is 3.39. The second-order valence-corrected chi connectivity index (χ2v) is 4.20. The van der Waals surface area contributed by atoms with Gasteiger partial charge in [-0.2, -0.15) is 0 Å². The maximum absolute atomic E-state index is 11.9. The van der Waals surface area contributed by atoms with E-state index in [0.717, 1.165) is 5.56 Å². The highest BCUT2D eigenvalue weighted by Gasteiger charge is 2.14. The van der Waals surface area contributed by atoms with Crippen molar-refractivity contribution in [1.82, 2.24) is 4.98 Å². The average Bonchev–Trinajstić information content (AvgIpc) is 2.46. The van der Waals surface area contributed by atoms with Crippen LogP contribution in [0.5, 0.6) is 0 Å². The first-order valence-corrected chi connectivity index (χ1v) is 5.90. The molecule has 0 atom stereocenters. The molecule has 0 saturated heterocycles. The maximum Gasteiger partial charge on any atom is 0.340 e. The molecule has 1 aromatic heterocycles. The zero-order chi connectivity index (χ0) is 13.7. The Bertz CT molecular complexity index is 599. The van der Waals surface area contributed by atoms with Crippen LogP contribution < -0.4 is 0 Å². The topological polar surface area (TPSA) is 56.3 Å². The van der Waals surface area contributed by atoms with Crippen LogP contribution in [0.4, 0.5) is 0 Å². The standard InChI is InChI=1S/C14H10ClNO3/c15-11-6-12(13(8-17)16-7-11)14(18)19-9-10-4-2-1-3-5-10/h1-8H,9H2. The minimum Gasteiger partial charge on any atom is -0.457 e. The Labute approximate surface area is 115 Å². The smallest absolute Gasteiger partial charge is 0.340 e. The number of rotatable bonds is 4. The highest BCUT2D eigenvalue weighted by atomic mass is 35.5. The first kappa shape index (κ1) is 13.2. The van der Waals surface area contributed by atoms with E-state index < -0.39 is 5.97 Å². The molecule has 0 radical (unpaired) electrons. The van der Waals surface area contributed by atoms with Crippen molar-refractivity contribution in [3.05, 3.63) is 64.4 Å². The van der Waals surface area contributed by atoms with Crippen LogP contribution in [-0.2, 0) is 11.3 Å². The molecule has 1 heterocycles. The van der Waals surface area contributed by atoms with Gasteiger partial charge in [0, 0.05) is 6.20 Å². The molecule has 4 nitrogen and oxygen atoms in total. The molecule has 0 amide bonds. The zero-order valence-corrected chi connectivity index (χ0v) is 10.6. The lowest BCUT2D eigenvalue weighted by Crippen LogP contribution is -2.09. The second-order valence-electron chi connectivity index (χ2n) is 3.77. The van der Waals surface area contributed by atoms with Gasteiger partial charge >= 0.3 is 5.97 Å². The lowest BCUT2D eigenvalue weighted by atomic mass is 10.2. The van der Waals surface area contributed by atoms with Gasteiger partial charge in [0.25, 0.3) is 0 Å². The number of pyridine rings is 1. The summed E-state index contributed by atoms with van der Waals surface area (Å²) >= 11 is 5.75. The van der Waals surface area contributed by atoms with Crippen molar-refractivity contribution >= 4 is 23.9 Å². The minimum atomic E-state index is -0.624. The van der Waals surface area contributed by atoms with Crippen LogP contribution in [0, 0.1) is 0 Å². The van der Waals surface area contributed by atoms with E-state index in [1.807, 2.05) is 30.3 Å². The van der Waals surface area contributed by atoms with E-state index in [0.29, 0.717) is 6.29 Å². The van der Waals surface area contributed by atoms with Gasteiger partial charge in [0.05, 0.1) is 10.6 Å². The minimum absolute atomic E-state index is 0.0162. The lowest BCUT2D eigenvalue weighted by molar-refractivity contribution is 0.0470. The number of benzene rings is 1. The Balaban J connectivity index is 2.12. The van der Waals surface area contributed by atoms with Gasteiger partial charge < -0.3 is 4.74 Å². The molecule has 96 valence electrons. The molecular formula is C14H10ClNO3. The predicted octanol–water partition coefficient (Wildman–Crippen LogP) is 2.90. The zero-order valence-electron chi connectivity index (χ0n) is 9.88. The molecule has 0 aliphatic rings. The van der Waals surface area contributed by atoms with Crippen LogP contribution in [0.3, 0.4) is 0 Å². The van der Waals surface area contributed by atoms with Gasteiger partial charge in [0.1, 0.15) is 12.3 Å². The van der Waals surface area contributed by atoms with Crippen LogP contribution in [-0.4, -0.2) is 17.2 Å². The molecule has 0 bridgehead atoms. The van der Waals surface area contributed by atoms with E-state index in [1.54, 1.807) is 0 Å². The molecule has 2 aromatic rings. The SMILES string of the molecule is O=Cc1ncc(Cl)cc1C(=O)OCc1ccccc1. The summed E-state index contributed by atoms with van der Waals surface area (Å²) in [6.45, 7) is 0.129. The fourth-order valence-corrected chi connectivity index (χ4v) is 1.67. The highest BCUT2D eigenvalue weighted by molar-refractivity contribution is 6.30. The number of esters is 1. The number of hydrogen-bond acceptors (Lipinski definition) is 4. The molecule has 1 aromatic carbocycles. The first-order chi connectivity index (χ1) is 9.20. The summed E-state index contributed by atoms with van der Waals surface area (Å²) in [5, 5.41) is 0.275. The fourth-order valence-electron chi connectivity index (χ4n) is 1.51. The Morgan fingerprint density at radius 1 is 1.32 bits per heavy atom. The molecule has 0 spiro atoms. The number of nitrogens with zero attached hydrogens (tertiary/aromatic N) is 1. The summed E-state index contributed by atoms with van der Waals surface area (Å²) in [5.41, 5.74) is 0.944. The predicted molar refractivity (Wildman–Crippen MR) is 70.2 cm³/mol. The first-order valence-electron chi connectivity index (χ1n) is 5.52. The van der Waals surface area contributed by atoms with Crippen molar-refractivity contribution in [3.8, 4) is 0 Å². The second kappa shape index (κ2) is 6.11. The molecule has 0 N–H and O–H groups in total. The lowest BCUT2D eigenvalue weighted by Gasteiger charge is -2.06. The van der Waals surface area contributed by atoms with Crippen LogP contribution in [0.25, 0.3) is 0 Å². The number of aldehydes is 1. The van der Waals surface area contributed by atoms with Gasteiger partial charge in [0.15, 0.2) is 6.29 Å². The van der Waals surface area contributed by atoms with Gasteiger partial charge in [0.2, 0.25) is 0 Å². The summed E-state index contributed by atoms with van der Waals surface area (Å²) in [5.74, 6) is -0.624. The van der Waals surface area contributed by atoms with Crippen LogP contribution in [0.15, 0.2) is 42.6 Å². The van der Waals surface area contributed by atoms with Crippen LogP contribution in [0.2, 0.25) is 5.02 Å². The van der Waals surface area contributed by atoms with E-state index in [4.69, 9.17) is 16.3 Å². The van der Waals surface area contributed by atoms with E-state index in [2.05, 4.69) is 4.98 Å². The molecule has 2 rings (SSSR count). The summed E-state index contributed by atoms with van der Waals surface area (Å²) < 4.78 is 5.12. The summed E-state index contributed by atoms with van der Waals surface area (Å²) in [7, 11) is 0. The van der Waals surface area contributed by atoms with Crippen molar-refractivity contribution in [2.24, 2.45) is 0 Å². The van der Waals surface area contributed by atoms with Crippen molar-refractivity contribution < 1.29 is 14.3 Å². The van der Waals surface area contributed by atoms with E-state index >= 15 is 0 Å². The van der Waals surface area contributed by atoms with Gasteiger partial charge in [-0.15, -0.1) is 0 Å². The molecule has 0 unspecified atom stereocenters. The monoisotopic (exact) mass is 275 g/mol. The summed E-state index contributed by atoms with van der Waals surface area (Å²) in [6, 6.07) is 10.6. The van der Waals surface area contributed by atoms with Gasteiger partial charge in [-0.05, 0) is 11.6 Å². The van der Waals surface area contributed by atoms with Gasteiger partial charge in [-0.1, -0.05) is 41.9 Å². The molecule has 0 aliphatic carbocycles. The number of aromatic nitrogens is 1. The molecule has 0 aliphatic heterocycles.